The Balaban J connectivity index is 2.09. The lowest BCUT2D eigenvalue weighted by atomic mass is 10.1. The summed E-state index contributed by atoms with van der Waals surface area (Å²) in [6.07, 6.45) is 0. The summed E-state index contributed by atoms with van der Waals surface area (Å²) in [5.41, 5.74) is 1.79. The Bertz CT molecular complexity index is 657. The normalized spacial score (nSPS) is 9.75. The number of benzene rings is 2. The molecule has 2 rings (SSSR count). The van der Waals surface area contributed by atoms with Gasteiger partial charge in [0.15, 0.2) is 0 Å². The van der Waals surface area contributed by atoms with Crippen molar-refractivity contribution in [2.75, 3.05) is 6.61 Å². The van der Waals surface area contributed by atoms with Gasteiger partial charge in [0.2, 0.25) is 0 Å². The quantitative estimate of drug-likeness (QED) is 0.871. The molecule has 0 fully saturated rings. The minimum absolute atomic E-state index is 0.154. The fourth-order valence-corrected chi connectivity index (χ4v) is 1.98. The van der Waals surface area contributed by atoms with Crippen LogP contribution in [0.4, 0.5) is 0 Å². The second-order valence-corrected chi connectivity index (χ2v) is 4.79. The molecule has 0 aliphatic carbocycles. The summed E-state index contributed by atoms with van der Waals surface area (Å²) >= 11 is 12.0. The molecule has 2 aromatic rings. The van der Waals surface area contributed by atoms with Gasteiger partial charge in [-0.05, 0) is 29.8 Å². The summed E-state index contributed by atoms with van der Waals surface area (Å²) in [6, 6.07) is 12.9. The van der Waals surface area contributed by atoms with Crippen molar-refractivity contribution in [3.8, 4) is 17.6 Å². The molecule has 0 atom stereocenters. The third kappa shape index (κ3) is 3.91. The zero-order valence-electron chi connectivity index (χ0n) is 10.6. The molecule has 0 radical (unpaired) electrons. The van der Waals surface area contributed by atoms with E-state index in [0.717, 1.165) is 11.1 Å². The monoisotopic (exact) mass is 306 g/mol. The molecule has 2 nitrogen and oxygen atoms in total. The van der Waals surface area contributed by atoms with Gasteiger partial charge in [-0.15, -0.1) is 0 Å². The zero-order chi connectivity index (χ0) is 14.4. The maximum Gasteiger partial charge on any atom is 0.139 e. The Labute approximate surface area is 127 Å². The maximum atomic E-state index is 8.68. The summed E-state index contributed by atoms with van der Waals surface area (Å²) in [5.74, 6) is 6.01. The Kier molecular flexibility index (Phi) is 5.31. The summed E-state index contributed by atoms with van der Waals surface area (Å²) in [7, 11) is 0. The molecule has 20 heavy (non-hydrogen) atoms. The van der Waals surface area contributed by atoms with Crippen molar-refractivity contribution in [1.29, 1.82) is 0 Å². The third-order valence-corrected chi connectivity index (χ3v) is 3.35. The number of hydrogen-bond donors (Lipinski definition) is 1. The van der Waals surface area contributed by atoms with E-state index in [0.29, 0.717) is 22.4 Å². The number of hydrogen-bond acceptors (Lipinski definition) is 2. The fraction of sp³-hybridized carbons (Fsp3) is 0.125. The third-order valence-electron chi connectivity index (χ3n) is 2.55. The van der Waals surface area contributed by atoms with E-state index in [4.69, 9.17) is 33.0 Å². The van der Waals surface area contributed by atoms with Crippen LogP contribution in [-0.2, 0) is 6.61 Å². The Morgan fingerprint density at radius 2 is 1.90 bits per heavy atom. The second-order valence-electron chi connectivity index (χ2n) is 4.00. The standard InChI is InChI=1S/C16H12Cl2O2/c17-14-7-2-8-15(16(14)18)20-11-13-5-1-4-12(10-13)6-3-9-19/h1-2,4-5,7-8,10,19H,9,11H2. The molecule has 4 heteroatoms. The highest BCUT2D eigenvalue weighted by molar-refractivity contribution is 6.42. The first-order valence-corrected chi connectivity index (χ1v) is 6.72. The van der Waals surface area contributed by atoms with Gasteiger partial charge in [-0.1, -0.05) is 53.2 Å². The Morgan fingerprint density at radius 3 is 2.70 bits per heavy atom. The van der Waals surface area contributed by atoms with Crippen molar-refractivity contribution >= 4 is 23.2 Å². The van der Waals surface area contributed by atoms with E-state index in [2.05, 4.69) is 11.8 Å². The molecule has 2 aromatic carbocycles. The van der Waals surface area contributed by atoms with Crippen LogP contribution < -0.4 is 4.74 Å². The van der Waals surface area contributed by atoms with Crippen LogP contribution in [0.3, 0.4) is 0 Å². The van der Waals surface area contributed by atoms with Crippen molar-refractivity contribution in [3.63, 3.8) is 0 Å². The highest BCUT2D eigenvalue weighted by Gasteiger charge is 2.05. The molecule has 0 saturated carbocycles. The number of aliphatic hydroxyl groups excluding tert-OH is 1. The van der Waals surface area contributed by atoms with Gasteiger partial charge < -0.3 is 9.84 Å². The molecule has 0 aliphatic heterocycles. The molecule has 0 amide bonds. The van der Waals surface area contributed by atoms with Crippen LogP contribution in [-0.4, -0.2) is 11.7 Å². The molecule has 0 bridgehead atoms. The van der Waals surface area contributed by atoms with Crippen LogP contribution in [0.2, 0.25) is 10.0 Å². The van der Waals surface area contributed by atoms with Crippen molar-refractivity contribution < 1.29 is 9.84 Å². The lowest BCUT2D eigenvalue weighted by Crippen LogP contribution is -1.96. The topological polar surface area (TPSA) is 29.5 Å². The smallest absolute Gasteiger partial charge is 0.139 e. The maximum absolute atomic E-state index is 8.68. The lowest BCUT2D eigenvalue weighted by Gasteiger charge is -2.09. The Hall–Kier alpha value is -1.66. The highest BCUT2D eigenvalue weighted by atomic mass is 35.5. The van der Waals surface area contributed by atoms with Crippen molar-refractivity contribution in [3.05, 3.63) is 63.6 Å². The van der Waals surface area contributed by atoms with Crippen molar-refractivity contribution in [2.45, 2.75) is 6.61 Å². The number of aliphatic hydroxyl groups is 1. The molecule has 0 aromatic heterocycles. The highest BCUT2D eigenvalue weighted by Crippen LogP contribution is 2.31. The number of ether oxygens (including phenoxy) is 1. The number of halogens is 2. The molecule has 0 unspecified atom stereocenters. The summed E-state index contributed by atoms with van der Waals surface area (Å²) < 4.78 is 5.65. The first-order valence-electron chi connectivity index (χ1n) is 5.96. The average molecular weight is 307 g/mol. The van der Waals surface area contributed by atoms with Gasteiger partial charge in [0.25, 0.3) is 0 Å². The van der Waals surface area contributed by atoms with E-state index < -0.39 is 0 Å². The fourth-order valence-electron chi connectivity index (χ4n) is 1.64. The van der Waals surface area contributed by atoms with E-state index in [1.165, 1.54) is 0 Å². The van der Waals surface area contributed by atoms with Gasteiger partial charge in [0, 0.05) is 5.56 Å². The van der Waals surface area contributed by atoms with Gasteiger partial charge in [-0.2, -0.15) is 0 Å². The summed E-state index contributed by atoms with van der Waals surface area (Å²) in [4.78, 5) is 0. The molecule has 102 valence electrons. The van der Waals surface area contributed by atoms with Crippen molar-refractivity contribution in [1.82, 2.24) is 0 Å². The van der Waals surface area contributed by atoms with E-state index in [-0.39, 0.29) is 6.61 Å². The van der Waals surface area contributed by atoms with Crippen LogP contribution in [0.1, 0.15) is 11.1 Å². The minimum Gasteiger partial charge on any atom is -0.487 e. The largest absolute Gasteiger partial charge is 0.487 e. The van der Waals surface area contributed by atoms with E-state index in [9.17, 15) is 0 Å². The zero-order valence-corrected chi connectivity index (χ0v) is 12.1. The van der Waals surface area contributed by atoms with Crippen LogP contribution in [0, 0.1) is 11.8 Å². The minimum atomic E-state index is -0.154. The summed E-state index contributed by atoms with van der Waals surface area (Å²) in [5, 5.41) is 9.55. The van der Waals surface area contributed by atoms with Gasteiger partial charge >= 0.3 is 0 Å². The second kappa shape index (κ2) is 7.21. The summed E-state index contributed by atoms with van der Waals surface area (Å²) in [6.45, 7) is 0.216. The molecule has 1 N–H and O–H groups in total. The van der Waals surface area contributed by atoms with Crippen LogP contribution in [0.25, 0.3) is 0 Å². The first kappa shape index (κ1) is 14.7. The Morgan fingerprint density at radius 1 is 1.10 bits per heavy atom. The molecule has 0 heterocycles. The lowest BCUT2D eigenvalue weighted by molar-refractivity contribution is 0.306. The van der Waals surface area contributed by atoms with E-state index >= 15 is 0 Å². The molecular formula is C16H12Cl2O2. The molecule has 0 aliphatic rings. The molecule has 0 spiro atoms. The van der Waals surface area contributed by atoms with Gasteiger partial charge in [0.1, 0.15) is 24.0 Å². The van der Waals surface area contributed by atoms with Gasteiger partial charge in [0.05, 0.1) is 5.02 Å². The van der Waals surface area contributed by atoms with Crippen LogP contribution >= 0.6 is 23.2 Å². The van der Waals surface area contributed by atoms with Crippen LogP contribution in [0.5, 0.6) is 5.75 Å². The molecule has 0 saturated heterocycles. The number of rotatable bonds is 3. The molecular weight excluding hydrogens is 295 g/mol. The predicted molar refractivity (Wildman–Crippen MR) is 81.2 cm³/mol. The van der Waals surface area contributed by atoms with Gasteiger partial charge in [-0.3, -0.25) is 0 Å². The van der Waals surface area contributed by atoms with Crippen molar-refractivity contribution in [2.24, 2.45) is 0 Å². The predicted octanol–water partition coefficient (Wildman–Crippen LogP) is 3.92. The average Bonchev–Trinajstić information content (AvgIpc) is 2.47. The van der Waals surface area contributed by atoms with Crippen LogP contribution in [0.15, 0.2) is 42.5 Å². The SMILES string of the molecule is OCC#Cc1cccc(COc2cccc(Cl)c2Cl)c1. The van der Waals surface area contributed by atoms with E-state index in [1.807, 2.05) is 24.3 Å². The van der Waals surface area contributed by atoms with Gasteiger partial charge in [-0.25, -0.2) is 0 Å². The first-order chi connectivity index (χ1) is 9.70. The van der Waals surface area contributed by atoms with E-state index in [1.54, 1.807) is 18.2 Å².